The van der Waals surface area contributed by atoms with Crippen LogP contribution in [0.5, 0.6) is 0 Å². The Morgan fingerprint density at radius 2 is 2.04 bits per heavy atom. The number of rotatable bonds is 3. The van der Waals surface area contributed by atoms with Crippen molar-refractivity contribution in [3.05, 3.63) is 57.0 Å². The molecule has 0 spiro atoms. The fraction of sp³-hybridized carbons (Fsp3) is 0.312. The van der Waals surface area contributed by atoms with Crippen molar-refractivity contribution in [3.8, 4) is 0 Å². The number of hydrogen-bond donors (Lipinski definition) is 2. The van der Waals surface area contributed by atoms with Gasteiger partial charge in [0.05, 0.1) is 18.2 Å². The molecular formula is C16H14F4N4O2. The number of nitrogens with zero attached hydrogens (tertiary/aromatic N) is 3. The Morgan fingerprint density at radius 1 is 1.35 bits per heavy atom. The van der Waals surface area contributed by atoms with Crippen LogP contribution < -0.4 is 5.56 Å². The quantitative estimate of drug-likeness (QED) is 0.695. The molecule has 0 bridgehead atoms. The molecule has 0 saturated heterocycles. The van der Waals surface area contributed by atoms with E-state index in [1.807, 2.05) is 0 Å². The molecule has 26 heavy (non-hydrogen) atoms. The summed E-state index contributed by atoms with van der Waals surface area (Å²) in [5, 5.41) is 13.6. The highest BCUT2D eigenvalue weighted by Crippen LogP contribution is 2.33. The second-order valence-electron chi connectivity index (χ2n) is 5.81. The molecule has 0 radical (unpaired) electrons. The normalized spacial score (nSPS) is 13.3. The van der Waals surface area contributed by atoms with Gasteiger partial charge in [0.1, 0.15) is 22.7 Å². The molecule has 3 aromatic rings. The average Bonchev–Trinajstić information content (AvgIpc) is 2.91. The first kappa shape index (κ1) is 18.1. The lowest BCUT2D eigenvalue weighted by Crippen LogP contribution is -2.14. The third-order valence-electron chi connectivity index (χ3n) is 4.05. The minimum Gasteiger partial charge on any atom is -0.390 e. The smallest absolute Gasteiger partial charge is 0.390 e. The Morgan fingerprint density at radius 3 is 2.62 bits per heavy atom. The molecule has 1 aromatic carbocycles. The van der Waals surface area contributed by atoms with Gasteiger partial charge in [-0.1, -0.05) is 6.07 Å². The molecule has 0 unspecified atom stereocenters. The van der Waals surface area contributed by atoms with Crippen molar-refractivity contribution in [2.75, 3.05) is 0 Å². The molecular weight excluding hydrogens is 356 g/mol. The van der Waals surface area contributed by atoms with Gasteiger partial charge in [-0.15, -0.1) is 0 Å². The summed E-state index contributed by atoms with van der Waals surface area (Å²) < 4.78 is 53.3. The highest BCUT2D eigenvalue weighted by molar-refractivity contribution is 5.77. The fourth-order valence-corrected chi connectivity index (χ4v) is 2.77. The van der Waals surface area contributed by atoms with Gasteiger partial charge >= 0.3 is 6.18 Å². The molecule has 0 aliphatic carbocycles. The van der Waals surface area contributed by atoms with Crippen LogP contribution in [0.3, 0.4) is 0 Å². The number of fused-ring (bicyclic) bond motifs is 1. The highest BCUT2D eigenvalue weighted by atomic mass is 19.4. The molecule has 0 amide bonds. The van der Waals surface area contributed by atoms with Crippen LogP contribution in [0, 0.1) is 12.7 Å². The summed E-state index contributed by atoms with van der Waals surface area (Å²) >= 11 is 0. The number of aryl methyl sites for hydroxylation is 1. The van der Waals surface area contributed by atoms with Gasteiger partial charge < -0.3 is 10.1 Å². The number of aromatic nitrogens is 4. The molecule has 2 aromatic heterocycles. The number of aliphatic hydroxyl groups is 1. The van der Waals surface area contributed by atoms with Crippen LogP contribution in [-0.4, -0.2) is 24.9 Å². The predicted molar refractivity (Wildman–Crippen MR) is 84.0 cm³/mol. The van der Waals surface area contributed by atoms with E-state index in [0.29, 0.717) is 11.9 Å². The van der Waals surface area contributed by atoms with Crippen LogP contribution in [0.1, 0.15) is 35.6 Å². The Hall–Kier alpha value is -2.75. The van der Waals surface area contributed by atoms with Crippen molar-refractivity contribution in [1.82, 2.24) is 19.7 Å². The molecule has 10 heteroatoms. The SMILES string of the molecule is Cc1nc2c(c(CO)nn2[C@@H](C)c2ccc(C(F)(F)F)c(F)c2)c(=O)[nH]1. The molecule has 0 fully saturated rings. The number of benzene rings is 1. The van der Waals surface area contributed by atoms with E-state index >= 15 is 0 Å². The largest absolute Gasteiger partial charge is 0.419 e. The lowest BCUT2D eigenvalue weighted by atomic mass is 10.1. The molecule has 1 atom stereocenters. The molecule has 2 heterocycles. The zero-order chi connectivity index (χ0) is 19.2. The maximum Gasteiger partial charge on any atom is 0.419 e. The molecule has 3 rings (SSSR count). The molecule has 0 aliphatic rings. The van der Waals surface area contributed by atoms with Gasteiger partial charge in [-0.05, 0) is 31.5 Å². The van der Waals surface area contributed by atoms with E-state index in [9.17, 15) is 27.5 Å². The van der Waals surface area contributed by atoms with Crippen LogP contribution in [0.25, 0.3) is 11.0 Å². The highest BCUT2D eigenvalue weighted by Gasteiger charge is 2.34. The summed E-state index contributed by atoms with van der Waals surface area (Å²) in [5.74, 6) is -1.10. The third-order valence-corrected chi connectivity index (χ3v) is 4.05. The van der Waals surface area contributed by atoms with Gasteiger partial charge in [0, 0.05) is 0 Å². The van der Waals surface area contributed by atoms with Crippen LogP contribution in [-0.2, 0) is 12.8 Å². The van der Waals surface area contributed by atoms with E-state index in [1.165, 1.54) is 4.68 Å². The summed E-state index contributed by atoms with van der Waals surface area (Å²) in [6.07, 6.45) is -4.79. The molecule has 2 N–H and O–H groups in total. The molecule has 0 saturated carbocycles. The van der Waals surface area contributed by atoms with Gasteiger partial charge in [-0.3, -0.25) is 4.79 Å². The average molecular weight is 370 g/mol. The number of nitrogens with one attached hydrogen (secondary N) is 1. The predicted octanol–water partition coefficient (Wildman–Crippen LogP) is 2.69. The fourth-order valence-electron chi connectivity index (χ4n) is 2.77. The van der Waals surface area contributed by atoms with Gasteiger partial charge in [0.25, 0.3) is 5.56 Å². The number of H-pyrrole nitrogens is 1. The van der Waals surface area contributed by atoms with Crippen molar-refractivity contribution in [1.29, 1.82) is 0 Å². The van der Waals surface area contributed by atoms with Gasteiger partial charge in [0.15, 0.2) is 5.65 Å². The number of aliphatic hydroxyl groups excluding tert-OH is 1. The summed E-state index contributed by atoms with van der Waals surface area (Å²) in [4.78, 5) is 18.8. The van der Waals surface area contributed by atoms with E-state index in [4.69, 9.17) is 0 Å². The van der Waals surface area contributed by atoms with Gasteiger partial charge in [0.2, 0.25) is 0 Å². The lowest BCUT2D eigenvalue weighted by molar-refractivity contribution is -0.140. The second-order valence-corrected chi connectivity index (χ2v) is 5.81. The number of alkyl halides is 3. The van der Waals surface area contributed by atoms with Crippen molar-refractivity contribution >= 4 is 11.0 Å². The van der Waals surface area contributed by atoms with Crippen molar-refractivity contribution in [2.45, 2.75) is 32.7 Å². The summed E-state index contributed by atoms with van der Waals surface area (Å²) in [6, 6.07) is 1.86. The van der Waals surface area contributed by atoms with E-state index in [-0.39, 0.29) is 22.3 Å². The Labute approximate surface area is 144 Å². The Balaban J connectivity index is 2.15. The van der Waals surface area contributed by atoms with Crippen molar-refractivity contribution in [3.63, 3.8) is 0 Å². The Bertz CT molecular complexity index is 1040. The minimum absolute atomic E-state index is 0.0768. The first-order chi connectivity index (χ1) is 12.1. The number of halogens is 4. The third kappa shape index (κ3) is 2.96. The zero-order valence-corrected chi connectivity index (χ0v) is 13.7. The first-order valence-corrected chi connectivity index (χ1v) is 7.59. The van der Waals surface area contributed by atoms with Crippen LogP contribution >= 0.6 is 0 Å². The maximum absolute atomic E-state index is 13.9. The Kier molecular flexibility index (Phi) is 4.31. The molecule has 138 valence electrons. The summed E-state index contributed by atoms with van der Waals surface area (Å²) in [7, 11) is 0. The molecule has 0 aliphatic heterocycles. The second kappa shape index (κ2) is 6.20. The van der Waals surface area contributed by atoms with E-state index in [2.05, 4.69) is 15.1 Å². The van der Waals surface area contributed by atoms with Gasteiger partial charge in [-0.25, -0.2) is 14.1 Å². The summed E-state index contributed by atoms with van der Waals surface area (Å²) in [5.41, 5.74) is -1.41. The van der Waals surface area contributed by atoms with Crippen LogP contribution in [0.15, 0.2) is 23.0 Å². The standard InChI is InChI=1S/C16H14F4N4O2/c1-7(9-3-4-10(11(17)5-9)16(18,19)20)24-14-13(12(6-25)23-24)15(26)22-8(2)21-14/h3-5,7,25H,6H2,1-2H3,(H,21,22,26)/t7-/m0/s1. The van der Waals surface area contributed by atoms with Crippen LogP contribution in [0.4, 0.5) is 17.6 Å². The zero-order valence-electron chi connectivity index (χ0n) is 13.7. The molecule has 6 nitrogen and oxygen atoms in total. The van der Waals surface area contributed by atoms with Gasteiger partial charge in [-0.2, -0.15) is 18.3 Å². The number of aromatic amines is 1. The first-order valence-electron chi connectivity index (χ1n) is 7.59. The monoisotopic (exact) mass is 370 g/mol. The van der Waals surface area contributed by atoms with Crippen LogP contribution in [0.2, 0.25) is 0 Å². The van der Waals surface area contributed by atoms with E-state index in [0.717, 1.165) is 12.1 Å². The maximum atomic E-state index is 13.9. The number of hydrogen-bond acceptors (Lipinski definition) is 4. The minimum atomic E-state index is -4.79. The van der Waals surface area contributed by atoms with E-state index in [1.54, 1.807) is 13.8 Å². The topological polar surface area (TPSA) is 83.8 Å². The van der Waals surface area contributed by atoms with Crippen molar-refractivity contribution in [2.24, 2.45) is 0 Å². The van der Waals surface area contributed by atoms with E-state index < -0.39 is 35.8 Å². The van der Waals surface area contributed by atoms with Crippen molar-refractivity contribution < 1.29 is 22.7 Å². The lowest BCUT2D eigenvalue weighted by Gasteiger charge is -2.15. The summed E-state index contributed by atoms with van der Waals surface area (Å²) in [6.45, 7) is 2.61.